The number of hydrogen-bond acceptors (Lipinski definition) is 7. The summed E-state index contributed by atoms with van der Waals surface area (Å²) in [6.45, 7) is 0.768. The second-order valence-corrected chi connectivity index (χ2v) is 8.71. The number of benzene rings is 2. The zero-order valence-electron chi connectivity index (χ0n) is 16.0. The summed E-state index contributed by atoms with van der Waals surface area (Å²) in [5.74, 6) is -2.48. The van der Waals surface area contributed by atoms with Crippen LogP contribution in [0.3, 0.4) is 0 Å². The van der Waals surface area contributed by atoms with E-state index in [2.05, 4.69) is 0 Å². The Morgan fingerprint density at radius 3 is 2.13 bits per heavy atom. The van der Waals surface area contributed by atoms with E-state index in [9.17, 15) is 22.8 Å². The van der Waals surface area contributed by atoms with Crippen molar-refractivity contribution in [1.82, 2.24) is 9.37 Å². The first-order chi connectivity index (χ1) is 14.3. The molecule has 2 aromatic carbocycles. The summed E-state index contributed by atoms with van der Waals surface area (Å²) in [6, 6.07) is 9.87. The van der Waals surface area contributed by atoms with E-state index in [1.807, 2.05) is 0 Å². The lowest BCUT2D eigenvalue weighted by Gasteiger charge is -2.18. The number of amides is 2. The van der Waals surface area contributed by atoms with E-state index in [0.29, 0.717) is 18.2 Å². The fourth-order valence-corrected chi connectivity index (χ4v) is 5.16. The molecule has 0 spiro atoms. The van der Waals surface area contributed by atoms with Gasteiger partial charge in [0, 0.05) is 13.1 Å². The Labute approximate surface area is 172 Å². The molecule has 0 unspecified atom stereocenters. The van der Waals surface area contributed by atoms with Crippen molar-refractivity contribution >= 4 is 27.8 Å². The zero-order valence-corrected chi connectivity index (χ0v) is 16.8. The summed E-state index contributed by atoms with van der Waals surface area (Å²) < 4.78 is 32.4. The second kappa shape index (κ2) is 7.54. The molecule has 2 aliphatic rings. The molecule has 0 radical (unpaired) electrons. The molecule has 156 valence electrons. The van der Waals surface area contributed by atoms with Crippen molar-refractivity contribution in [3.05, 3.63) is 59.2 Å². The van der Waals surface area contributed by atoms with E-state index in [1.54, 1.807) is 12.1 Å². The molecular formula is C20H18N2O7S. The van der Waals surface area contributed by atoms with Crippen molar-refractivity contribution < 1.29 is 32.4 Å². The van der Waals surface area contributed by atoms with Crippen LogP contribution < -0.4 is 4.74 Å². The normalized spacial score (nSPS) is 16.6. The molecule has 4 rings (SSSR count). The first kappa shape index (κ1) is 20.0. The SMILES string of the molecule is COc1ccc(C(=O)ON2C(=O)c3ccccc3C2=O)cc1S(=O)(=O)N1CCCC1. The Hall–Kier alpha value is -3.24. The van der Waals surface area contributed by atoms with Crippen molar-refractivity contribution in [2.45, 2.75) is 17.7 Å². The molecule has 2 aliphatic heterocycles. The second-order valence-electron chi connectivity index (χ2n) is 6.81. The monoisotopic (exact) mass is 430 g/mol. The van der Waals surface area contributed by atoms with Crippen molar-refractivity contribution in [2.75, 3.05) is 20.2 Å². The van der Waals surface area contributed by atoms with Crippen molar-refractivity contribution in [2.24, 2.45) is 0 Å². The number of methoxy groups -OCH3 is 1. The fraction of sp³-hybridized carbons (Fsp3) is 0.250. The maximum Gasteiger partial charge on any atom is 0.363 e. The van der Waals surface area contributed by atoms with E-state index in [-0.39, 0.29) is 27.3 Å². The molecule has 0 aliphatic carbocycles. The minimum absolute atomic E-state index is 0.0826. The third-order valence-corrected chi connectivity index (χ3v) is 6.93. The molecule has 30 heavy (non-hydrogen) atoms. The van der Waals surface area contributed by atoms with Crippen LogP contribution >= 0.6 is 0 Å². The molecule has 9 nitrogen and oxygen atoms in total. The highest BCUT2D eigenvalue weighted by atomic mass is 32.2. The van der Waals surface area contributed by atoms with Crippen LogP contribution in [0.5, 0.6) is 5.75 Å². The summed E-state index contributed by atoms with van der Waals surface area (Å²) in [6.07, 6.45) is 1.51. The van der Waals surface area contributed by atoms with Gasteiger partial charge in [-0.2, -0.15) is 4.31 Å². The Bertz CT molecular complexity index is 1120. The van der Waals surface area contributed by atoms with Gasteiger partial charge in [0.25, 0.3) is 11.8 Å². The first-order valence-corrected chi connectivity index (χ1v) is 10.7. The molecule has 0 saturated carbocycles. The van der Waals surface area contributed by atoms with E-state index in [1.165, 1.54) is 35.7 Å². The number of hydrogen-bond donors (Lipinski definition) is 0. The molecule has 0 atom stereocenters. The molecule has 10 heteroatoms. The van der Waals surface area contributed by atoms with Gasteiger partial charge < -0.3 is 9.57 Å². The maximum absolute atomic E-state index is 13.0. The lowest BCUT2D eigenvalue weighted by atomic mass is 10.1. The number of nitrogens with zero attached hydrogens (tertiary/aromatic N) is 2. The van der Waals surface area contributed by atoms with E-state index in [4.69, 9.17) is 9.57 Å². The Balaban J connectivity index is 1.63. The predicted molar refractivity (Wildman–Crippen MR) is 103 cm³/mol. The van der Waals surface area contributed by atoms with Crippen LogP contribution in [-0.2, 0) is 14.9 Å². The van der Waals surface area contributed by atoms with Crippen LogP contribution in [0, 0.1) is 0 Å². The zero-order chi connectivity index (χ0) is 21.5. The van der Waals surface area contributed by atoms with Gasteiger partial charge in [0.1, 0.15) is 10.6 Å². The summed E-state index contributed by atoms with van der Waals surface area (Å²) in [4.78, 5) is 42.2. The molecule has 2 heterocycles. The van der Waals surface area contributed by atoms with Crippen LogP contribution in [0.15, 0.2) is 47.4 Å². The first-order valence-electron chi connectivity index (χ1n) is 9.23. The number of ether oxygens (including phenoxy) is 1. The predicted octanol–water partition coefficient (Wildman–Crippen LogP) is 1.85. The average molecular weight is 430 g/mol. The minimum atomic E-state index is -3.88. The summed E-state index contributed by atoms with van der Waals surface area (Å²) in [5.41, 5.74) is 0.120. The number of carbonyl (C=O) groups excluding carboxylic acids is 3. The van der Waals surface area contributed by atoms with Gasteiger partial charge in [0.2, 0.25) is 10.0 Å². The molecule has 0 N–H and O–H groups in total. The molecular weight excluding hydrogens is 412 g/mol. The lowest BCUT2D eigenvalue weighted by Crippen LogP contribution is -2.33. The number of hydroxylamine groups is 2. The number of imide groups is 1. The molecule has 0 bridgehead atoms. The molecule has 1 saturated heterocycles. The smallest absolute Gasteiger partial charge is 0.363 e. The van der Waals surface area contributed by atoms with Gasteiger partial charge in [-0.1, -0.05) is 17.2 Å². The summed E-state index contributed by atoms with van der Waals surface area (Å²) >= 11 is 0. The van der Waals surface area contributed by atoms with E-state index >= 15 is 0 Å². The highest BCUT2D eigenvalue weighted by molar-refractivity contribution is 7.89. The molecule has 2 amide bonds. The van der Waals surface area contributed by atoms with E-state index in [0.717, 1.165) is 18.9 Å². The number of carbonyl (C=O) groups is 3. The van der Waals surface area contributed by atoms with Crippen LogP contribution in [0.25, 0.3) is 0 Å². The molecule has 0 aromatic heterocycles. The highest BCUT2D eigenvalue weighted by Crippen LogP contribution is 2.30. The summed E-state index contributed by atoms with van der Waals surface area (Å²) in [5, 5.41) is 0.381. The average Bonchev–Trinajstić information content (AvgIpc) is 3.38. The van der Waals surface area contributed by atoms with Gasteiger partial charge >= 0.3 is 5.97 Å². The standard InChI is InChI=1S/C20H18N2O7S/c1-28-16-9-8-13(12-17(16)30(26,27)21-10-4-5-11-21)20(25)29-22-18(23)14-6-2-3-7-15(14)19(22)24/h2-3,6-9,12H,4-5,10-11H2,1H3. The van der Waals surface area contributed by atoms with Crippen LogP contribution in [0.1, 0.15) is 43.9 Å². The minimum Gasteiger partial charge on any atom is -0.495 e. The Kier molecular flexibility index (Phi) is 5.04. The van der Waals surface area contributed by atoms with Crippen LogP contribution in [0.2, 0.25) is 0 Å². The van der Waals surface area contributed by atoms with Gasteiger partial charge in [-0.25, -0.2) is 13.2 Å². The van der Waals surface area contributed by atoms with Gasteiger partial charge in [-0.3, -0.25) is 9.59 Å². The Morgan fingerprint density at radius 1 is 0.967 bits per heavy atom. The lowest BCUT2D eigenvalue weighted by molar-refractivity contribution is -0.0584. The number of fused-ring (bicyclic) bond motifs is 1. The largest absolute Gasteiger partial charge is 0.495 e. The van der Waals surface area contributed by atoms with Crippen molar-refractivity contribution in [1.29, 1.82) is 0 Å². The van der Waals surface area contributed by atoms with Gasteiger partial charge in [0.15, 0.2) is 0 Å². The Morgan fingerprint density at radius 2 is 1.57 bits per heavy atom. The van der Waals surface area contributed by atoms with Gasteiger partial charge in [0.05, 0.1) is 23.8 Å². The van der Waals surface area contributed by atoms with Gasteiger partial charge in [-0.05, 0) is 43.2 Å². The number of sulfonamides is 1. The third kappa shape index (κ3) is 3.23. The quantitative estimate of drug-likeness (QED) is 0.666. The topological polar surface area (TPSA) is 110 Å². The number of rotatable bonds is 5. The fourth-order valence-electron chi connectivity index (χ4n) is 3.46. The van der Waals surface area contributed by atoms with Crippen molar-refractivity contribution in [3.8, 4) is 5.75 Å². The molecule has 1 fully saturated rings. The molecule has 2 aromatic rings. The van der Waals surface area contributed by atoms with Crippen LogP contribution in [-0.4, -0.2) is 55.8 Å². The van der Waals surface area contributed by atoms with Crippen LogP contribution in [0.4, 0.5) is 0 Å². The summed E-state index contributed by atoms with van der Waals surface area (Å²) in [7, 11) is -2.55. The maximum atomic E-state index is 13.0. The highest BCUT2D eigenvalue weighted by Gasteiger charge is 2.39. The van der Waals surface area contributed by atoms with Gasteiger partial charge in [-0.15, -0.1) is 0 Å². The third-order valence-electron chi connectivity index (χ3n) is 5.01. The van der Waals surface area contributed by atoms with E-state index < -0.39 is 27.8 Å². The van der Waals surface area contributed by atoms with Crippen molar-refractivity contribution in [3.63, 3.8) is 0 Å².